The highest BCUT2D eigenvalue weighted by atomic mass is 79.9. The molecule has 108 valence electrons. The maximum absolute atomic E-state index is 5.71. The SMILES string of the molecule is BrCCCCCCCCCOCc1ccccc1Br. The lowest BCUT2D eigenvalue weighted by Crippen LogP contribution is -1.96. The van der Waals surface area contributed by atoms with E-state index in [1.54, 1.807) is 0 Å². The van der Waals surface area contributed by atoms with Gasteiger partial charge in [0.2, 0.25) is 0 Å². The zero-order chi connectivity index (χ0) is 13.8. The van der Waals surface area contributed by atoms with Crippen LogP contribution in [-0.4, -0.2) is 11.9 Å². The molecule has 19 heavy (non-hydrogen) atoms. The van der Waals surface area contributed by atoms with Crippen LogP contribution in [0.3, 0.4) is 0 Å². The van der Waals surface area contributed by atoms with Crippen molar-refractivity contribution >= 4 is 31.9 Å². The Morgan fingerprint density at radius 3 is 2.16 bits per heavy atom. The minimum absolute atomic E-state index is 0.715. The van der Waals surface area contributed by atoms with Gasteiger partial charge >= 0.3 is 0 Å². The Hall–Kier alpha value is 0.140. The zero-order valence-corrected chi connectivity index (χ0v) is 14.7. The minimum Gasteiger partial charge on any atom is -0.377 e. The van der Waals surface area contributed by atoms with Crippen molar-refractivity contribution in [2.75, 3.05) is 11.9 Å². The fourth-order valence-electron chi connectivity index (χ4n) is 1.98. The molecule has 0 radical (unpaired) electrons. The largest absolute Gasteiger partial charge is 0.377 e. The Labute approximate surface area is 134 Å². The number of alkyl halides is 1. The van der Waals surface area contributed by atoms with Crippen molar-refractivity contribution in [2.24, 2.45) is 0 Å². The average Bonchev–Trinajstić information content (AvgIpc) is 2.43. The quantitative estimate of drug-likeness (QED) is 0.327. The van der Waals surface area contributed by atoms with E-state index in [0.29, 0.717) is 6.61 Å². The predicted octanol–water partition coefficient (Wildman–Crippen LogP) is 6.09. The molecule has 1 rings (SSSR count). The molecule has 3 heteroatoms. The van der Waals surface area contributed by atoms with Gasteiger partial charge in [-0.15, -0.1) is 0 Å². The molecule has 0 fully saturated rings. The molecule has 1 nitrogen and oxygen atoms in total. The average molecular weight is 392 g/mol. The predicted molar refractivity (Wildman–Crippen MR) is 89.9 cm³/mol. The van der Waals surface area contributed by atoms with Gasteiger partial charge in [0.25, 0.3) is 0 Å². The Kier molecular flexibility index (Phi) is 10.8. The molecule has 0 unspecified atom stereocenters. The van der Waals surface area contributed by atoms with Crippen molar-refractivity contribution in [2.45, 2.75) is 51.6 Å². The second-order valence-corrected chi connectivity index (χ2v) is 6.46. The summed E-state index contributed by atoms with van der Waals surface area (Å²) in [6.07, 6.45) is 9.26. The molecular weight excluding hydrogens is 368 g/mol. The number of rotatable bonds is 11. The summed E-state index contributed by atoms with van der Waals surface area (Å²) in [5.41, 5.74) is 1.23. The summed E-state index contributed by atoms with van der Waals surface area (Å²) in [5, 5.41) is 1.15. The molecule has 0 spiro atoms. The summed E-state index contributed by atoms with van der Waals surface area (Å²) < 4.78 is 6.85. The van der Waals surface area contributed by atoms with Crippen molar-refractivity contribution in [3.05, 3.63) is 34.3 Å². The van der Waals surface area contributed by atoms with Crippen LogP contribution in [0.4, 0.5) is 0 Å². The lowest BCUT2D eigenvalue weighted by molar-refractivity contribution is 0.116. The fourth-order valence-corrected chi connectivity index (χ4v) is 2.78. The molecule has 1 aromatic rings. The summed E-state index contributed by atoms with van der Waals surface area (Å²) >= 11 is 7.00. The third-order valence-corrected chi connectivity index (χ3v) is 4.47. The second kappa shape index (κ2) is 11.9. The standard InChI is InChI=1S/C16H24Br2O/c17-12-8-4-2-1-3-5-9-13-19-14-15-10-6-7-11-16(15)18/h6-7,10-11H,1-5,8-9,12-14H2. The maximum Gasteiger partial charge on any atom is 0.0727 e. The second-order valence-electron chi connectivity index (χ2n) is 4.81. The number of halogens is 2. The Balaban J connectivity index is 1.90. The minimum atomic E-state index is 0.715. The maximum atomic E-state index is 5.71. The highest BCUT2D eigenvalue weighted by Gasteiger charge is 1.98. The summed E-state index contributed by atoms with van der Waals surface area (Å²) in [4.78, 5) is 0. The number of unbranched alkanes of at least 4 members (excludes halogenated alkanes) is 6. The summed E-state index contributed by atoms with van der Waals surface area (Å²) in [6, 6.07) is 8.25. The van der Waals surface area contributed by atoms with Crippen LogP contribution in [0.1, 0.15) is 50.5 Å². The first-order valence-corrected chi connectivity index (χ1v) is 9.13. The lowest BCUT2D eigenvalue weighted by atomic mass is 10.1. The van der Waals surface area contributed by atoms with Gasteiger partial charge in [0.1, 0.15) is 0 Å². The van der Waals surface area contributed by atoms with Gasteiger partial charge in [0.05, 0.1) is 6.61 Å². The van der Waals surface area contributed by atoms with Crippen LogP contribution >= 0.6 is 31.9 Å². The van der Waals surface area contributed by atoms with E-state index in [-0.39, 0.29) is 0 Å². The van der Waals surface area contributed by atoms with E-state index in [1.165, 1.54) is 50.5 Å². The van der Waals surface area contributed by atoms with Crippen LogP contribution in [0, 0.1) is 0 Å². The lowest BCUT2D eigenvalue weighted by Gasteiger charge is -2.06. The molecule has 0 amide bonds. The number of ether oxygens (including phenoxy) is 1. The van der Waals surface area contributed by atoms with Crippen molar-refractivity contribution < 1.29 is 4.74 Å². The molecule has 0 saturated heterocycles. The first kappa shape index (κ1) is 17.2. The zero-order valence-electron chi connectivity index (χ0n) is 11.5. The normalized spacial score (nSPS) is 10.8. The van der Waals surface area contributed by atoms with Crippen molar-refractivity contribution in [1.82, 2.24) is 0 Å². The molecule has 0 aliphatic rings. The van der Waals surface area contributed by atoms with E-state index in [4.69, 9.17) is 4.74 Å². The molecule has 1 aromatic carbocycles. The van der Waals surface area contributed by atoms with Crippen LogP contribution in [-0.2, 0) is 11.3 Å². The summed E-state index contributed by atoms with van der Waals surface area (Å²) in [7, 11) is 0. The van der Waals surface area contributed by atoms with Gasteiger partial charge < -0.3 is 4.74 Å². The first-order valence-electron chi connectivity index (χ1n) is 7.21. The van der Waals surface area contributed by atoms with E-state index in [0.717, 1.165) is 16.4 Å². The highest BCUT2D eigenvalue weighted by molar-refractivity contribution is 9.10. The van der Waals surface area contributed by atoms with Crippen LogP contribution in [0.2, 0.25) is 0 Å². The van der Waals surface area contributed by atoms with E-state index < -0.39 is 0 Å². The van der Waals surface area contributed by atoms with Gasteiger partial charge in [-0.3, -0.25) is 0 Å². The van der Waals surface area contributed by atoms with Crippen molar-refractivity contribution in [3.8, 4) is 0 Å². The smallest absolute Gasteiger partial charge is 0.0727 e. The van der Waals surface area contributed by atoms with Gasteiger partial charge in [-0.05, 0) is 24.5 Å². The molecule has 0 atom stereocenters. The Bertz CT molecular complexity index is 328. The Morgan fingerprint density at radius 2 is 1.47 bits per heavy atom. The monoisotopic (exact) mass is 390 g/mol. The molecule has 0 aliphatic heterocycles. The van der Waals surface area contributed by atoms with Crippen LogP contribution in [0.15, 0.2) is 28.7 Å². The molecule has 0 aliphatic carbocycles. The summed E-state index contributed by atoms with van der Waals surface area (Å²) in [5.74, 6) is 0. The van der Waals surface area contributed by atoms with Crippen LogP contribution in [0.5, 0.6) is 0 Å². The van der Waals surface area contributed by atoms with Gasteiger partial charge in [0, 0.05) is 16.4 Å². The van der Waals surface area contributed by atoms with E-state index >= 15 is 0 Å². The number of hydrogen-bond acceptors (Lipinski definition) is 1. The molecule has 0 N–H and O–H groups in total. The molecule has 0 saturated carbocycles. The van der Waals surface area contributed by atoms with Crippen molar-refractivity contribution in [3.63, 3.8) is 0 Å². The number of hydrogen-bond donors (Lipinski definition) is 0. The first-order chi connectivity index (χ1) is 9.34. The Morgan fingerprint density at radius 1 is 0.842 bits per heavy atom. The molecule has 0 bridgehead atoms. The van der Waals surface area contributed by atoms with E-state index in [2.05, 4.69) is 50.1 Å². The molecule has 0 heterocycles. The van der Waals surface area contributed by atoms with Crippen LogP contribution < -0.4 is 0 Å². The van der Waals surface area contributed by atoms with Gasteiger partial charge in [-0.1, -0.05) is 82.2 Å². The van der Waals surface area contributed by atoms with E-state index in [1.807, 2.05) is 6.07 Å². The van der Waals surface area contributed by atoms with Gasteiger partial charge in [0.15, 0.2) is 0 Å². The van der Waals surface area contributed by atoms with Crippen molar-refractivity contribution in [1.29, 1.82) is 0 Å². The van der Waals surface area contributed by atoms with Gasteiger partial charge in [-0.25, -0.2) is 0 Å². The highest BCUT2D eigenvalue weighted by Crippen LogP contribution is 2.16. The molecule has 0 aromatic heterocycles. The third kappa shape index (κ3) is 8.83. The third-order valence-electron chi connectivity index (χ3n) is 3.14. The molecular formula is C16H24Br2O. The van der Waals surface area contributed by atoms with Gasteiger partial charge in [-0.2, -0.15) is 0 Å². The van der Waals surface area contributed by atoms with Crippen LogP contribution in [0.25, 0.3) is 0 Å². The fraction of sp³-hybridized carbons (Fsp3) is 0.625. The summed E-state index contributed by atoms with van der Waals surface area (Å²) in [6.45, 7) is 1.59. The number of benzene rings is 1. The van der Waals surface area contributed by atoms with E-state index in [9.17, 15) is 0 Å². The topological polar surface area (TPSA) is 9.23 Å².